The number of likely N-dealkylation sites (N-methyl/N-ethyl adjacent to an activating group) is 1. The lowest BCUT2D eigenvalue weighted by Crippen LogP contribution is -2.39. The molecule has 0 spiro atoms. The van der Waals surface area contributed by atoms with Gasteiger partial charge < -0.3 is 15.2 Å². The third-order valence-electron chi connectivity index (χ3n) is 4.68. The molecule has 0 saturated carbocycles. The van der Waals surface area contributed by atoms with Crippen LogP contribution in [0.3, 0.4) is 0 Å². The molecule has 2 heterocycles. The standard InChI is InChI=1S/C21H21ClF2N4O3/c1-28(8-9-29)11-16-17(21(30)31-2)18(13-6-5-12(23)10-14(13)22)27-20(26-16)19-15(24)4-3-7-25-19/h3-7,10,18,29H,8-9,11H2,1-2H3,(H,26,27). The van der Waals surface area contributed by atoms with Crippen LogP contribution in [0, 0.1) is 11.6 Å². The van der Waals surface area contributed by atoms with Crippen LogP contribution in [0.4, 0.5) is 8.78 Å². The first-order valence-corrected chi connectivity index (χ1v) is 9.75. The summed E-state index contributed by atoms with van der Waals surface area (Å²) in [5.74, 6) is -1.74. The maximum absolute atomic E-state index is 14.5. The summed E-state index contributed by atoms with van der Waals surface area (Å²) in [5.41, 5.74) is 0.821. The second kappa shape index (κ2) is 9.95. The summed E-state index contributed by atoms with van der Waals surface area (Å²) >= 11 is 6.27. The Labute approximate surface area is 183 Å². The predicted molar refractivity (Wildman–Crippen MR) is 112 cm³/mol. The summed E-state index contributed by atoms with van der Waals surface area (Å²) in [7, 11) is 2.97. The van der Waals surface area contributed by atoms with Crippen LogP contribution in [-0.4, -0.2) is 60.6 Å². The van der Waals surface area contributed by atoms with Gasteiger partial charge in [0, 0.05) is 35.6 Å². The summed E-state index contributed by atoms with van der Waals surface area (Å²) in [6, 6.07) is 5.43. The number of aliphatic hydroxyl groups is 1. The number of nitrogens with one attached hydrogen (secondary N) is 1. The molecule has 1 aliphatic rings. The van der Waals surface area contributed by atoms with Crippen LogP contribution in [-0.2, 0) is 9.53 Å². The Morgan fingerprint density at radius 2 is 2.13 bits per heavy atom. The van der Waals surface area contributed by atoms with E-state index in [2.05, 4.69) is 15.3 Å². The number of esters is 1. The van der Waals surface area contributed by atoms with Crippen LogP contribution in [0.25, 0.3) is 0 Å². The van der Waals surface area contributed by atoms with E-state index >= 15 is 0 Å². The zero-order chi connectivity index (χ0) is 22.5. The Morgan fingerprint density at radius 3 is 2.77 bits per heavy atom. The summed E-state index contributed by atoms with van der Waals surface area (Å²) in [4.78, 5) is 23.0. The topological polar surface area (TPSA) is 87.0 Å². The molecule has 7 nitrogen and oxygen atoms in total. The minimum Gasteiger partial charge on any atom is -0.466 e. The van der Waals surface area contributed by atoms with Crippen molar-refractivity contribution in [3.63, 3.8) is 0 Å². The van der Waals surface area contributed by atoms with Gasteiger partial charge in [0.05, 0.1) is 19.3 Å². The first-order chi connectivity index (χ1) is 14.8. The molecule has 1 aliphatic heterocycles. The van der Waals surface area contributed by atoms with Crippen molar-refractivity contribution in [3.8, 4) is 0 Å². The van der Waals surface area contributed by atoms with Crippen molar-refractivity contribution >= 4 is 23.4 Å². The number of hydrogen-bond acceptors (Lipinski definition) is 7. The molecule has 2 aromatic rings. The number of carbonyl (C=O) groups is 1. The van der Waals surface area contributed by atoms with Gasteiger partial charge in [-0.05, 0) is 31.3 Å². The number of hydrogen-bond donors (Lipinski definition) is 2. The van der Waals surface area contributed by atoms with Gasteiger partial charge >= 0.3 is 5.97 Å². The maximum atomic E-state index is 14.5. The van der Waals surface area contributed by atoms with Crippen LogP contribution >= 0.6 is 11.6 Å². The summed E-state index contributed by atoms with van der Waals surface area (Å²) < 4.78 is 33.1. The number of rotatable bonds is 7. The minimum absolute atomic E-state index is 0.0445. The van der Waals surface area contributed by atoms with Crippen LogP contribution in [0.2, 0.25) is 5.02 Å². The van der Waals surface area contributed by atoms with Crippen LogP contribution in [0.5, 0.6) is 0 Å². The molecular formula is C21H21ClF2N4O3. The SMILES string of the molecule is COC(=O)C1=C(CN(C)CCO)NC(c2ncccc2F)=NC1c1ccc(F)cc1Cl. The van der Waals surface area contributed by atoms with Crippen molar-refractivity contribution in [2.45, 2.75) is 6.04 Å². The molecular weight excluding hydrogens is 430 g/mol. The van der Waals surface area contributed by atoms with E-state index in [-0.39, 0.29) is 35.3 Å². The first-order valence-electron chi connectivity index (χ1n) is 9.37. The number of aromatic nitrogens is 1. The number of halogens is 3. The lowest BCUT2D eigenvalue weighted by Gasteiger charge is -2.29. The summed E-state index contributed by atoms with van der Waals surface area (Å²) in [6.07, 6.45) is 1.42. The highest BCUT2D eigenvalue weighted by Crippen LogP contribution is 2.36. The molecule has 0 fully saturated rings. The average Bonchev–Trinajstić information content (AvgIpc) is 2.73. The zero-order valence-corrected chi connectivity index (χ0v) is 17.7. The van der Waals surface area contributed by atoms with Crippen LogP contribution in [0.15, 0.2) is 52.8 Å². The number of benzene rings is 1. The van der Waals surface area contributed by atoms with Crippen LogP contribution in [0.1, 0.15) is 17.3 Å². The fourth-order valence-corrected chi connectivity index (χ4v) is 3.49. The molecule has 1 aromatic heterocycles. The van der Waals surface area contributed by atoms with E-state index in [1.807, 2.05) is 0 Å². The number of aliphatic imine (C=N–C) groups is 1. The molecule has 1 unspecified atom stereocenters. The Morgan fingerprint density at radius 1 is 1.35 bits per heavy atom. The molecule has 31 heavy (non-hydrogen) atoms. The van der Waals surface area contributed by atoms with E-state index in [1.54, 1.807) is 11.9 Å². The van der Waals surface area contributed by atoms with E-state index in [1.165, 1.54) is 37.6 Å². The second-order valence-electron chi connectivity index (χ2n) is 6.85. The van der Waals surface area contributed by atoms with Crippen molar-refractivity contribution in [2.75, 3.05) is 33.9 Å². The zero-order valence-electron chi connectivity index (χ0n) is 16.9. The van der Waals surface area contributed by atoms with E-state index < -0.39 is 23.6 Å². The normalized spacial score (nSPS) is 16.2. The maximum Gasteiger partial charge on any atom is 0.338 e. The number of aliphatic hydroxyl groups excluding tert-OH is 1. The minimum atomic E-state index is -0.990. The third-order valence-corrected chi connectivity index (χ3v) is 5.01. The Hall–Kier alpha value is -2.88. The molecule has 1 aromatic carbocycles. The van der Waals surface area contributed by atoms with Gasteiger partial charge in [-0.3, -0.25) is 9.89 Å². The lowest BCUT2D eigenvalue weighted by atomic mass is 9.95. The smallest absolute Gasteiger partial charge is 0.338 e. The monoisotopic (exact) mass is 450 g/mol. The van der Waals surface area contributed by atoms with E-state index in [9.17, 15) is 18.7 Å². The number of methoxy groups -OCH3 is 1. The van der Waals surface area contributed by atoms with Gasteiger partial charge in [-0.2, -0.15) is 0 Å². The van der Waals surface area contributed by atoms with Gasteiger partial charge in [-0.25, -0.2) is 18.6 Å². The molecule has 0 amide bonds. The summed E-state index contributed by atoms with van der Waals surface area (Å²) in [6.45, 7) is 0.417. The fraction of sp³-hybridized carbons (Fsp3) is 0.286. The van der Waals surface area contributed by atoms with Crippen molar-refractivity contribution in [2.24, 2.45) is 4.99 Å². The lowest BCUT2D eigenvalue weighted by molar-refractivity contribution is -0.136. The van der Waals surface area contributed by atoms with Crippen molar-refractivity contribution in [1.29, 1.82) is 0 Å². The Balaban J connectivity index is 2.19. The molecule has 2 N–H and O–H groups in total. The van der Waals surface area contributed by atoms with E-state index in [0.29, 0.717) is 17.8 Å². The second-order valence-corrected chi connectivity index (χ2v) is 7.26. The fourth-order valence-electron chi connectivity index (χ4n) is 3.22. The molecule has 0 aliphatic carbocycles. The molecule has 164 valence electrons. The third kappa shape index (κ3) is 5.07. The molecule has 0 bridgehead atoms. The quantitative estimate of drug-likeness (QED) is 0.630. The molecule has 3 rings (SSSR count). The van der Waals surface area contributed by atoms with Gasteiger partial charge in [-0.15, -0.1) is 0 Å². The van der Waals surface area contributed by atoms with Gasteiger partial charge in [0.15, 0.2) is 11.7 Å². The Bertz CT molecular complexity index is 1050. The molecule has 10 heteroatoms. The number of pyridine rings is 1. The first kappa shape index (κ1) is 22.8. The largest absolute Gasteiger partial charge is 0.466 e. The molecule has 0 saturated heterocycles. The van der Waals surface area contributed by atoms with E-state index in [4.69, 9.17) is 16.3 Å². The van der Waals surface area contributed by atoms with Crippen molar-refractivity contribution in [1.82, 2.24) is 15.2 Å². The predicted octanol–water partition coefficient (Wildman–Crippen LogP) is 2.46. The van der Waals surface area contributed by atoms with E-state index in [0.717, 1.165) is 6.07 Å². The van der Waals surface area contributed by atoms with Gasteiger partial charge in [0.2, 0.25) is 0 Å². The van der Waals surface area contributed by atoms with Gasteiger partial charge in [0.25, 0.3) is 0 Å². The molecule has 0 radical (unpaired) electrons. The van der Waals surface area contributed by atoms with Crippen molar-refractivity contribution < 1.29 is 23.4 Å². The average molecular weight is 451 g/mol. The van der Waals surface area contributed by atoms with Crippen LogP contribution < -0.4 is 5.32 Å². The highest BCUT2D eigenvalue weighted by Gasteiger charge is 2.34. The van der Waals surface area contributed by atoms with Gasteiger partial charge in [0.1, 0.15) is 17.6 Å². The number of ether oxygens (including phenoxy) is 1. The highest BCUT2D eigenvalue weighted by atomic mass is 35.5. The van der Waals surface area contributed by atoms with Gasteiger partial charge in [-0.1, -0.05) is 17.7 Å². The van der Waals surface area contributed by atoms with Crippen molar-refractivity contribution in [3.05, 3.63) is 75.7 Å². The molecule has 1 atom stereocenters. The highest BCUT2D eigenvalue weighted by molar-refractivity contribution is 6.31. The Kier molecular flexibility index (Phi) is 7.32. The number of carbonyl (C=O) groups excluding carboxylic acids is 1. The summed E-state index contributed by atoms with van der Waals surface area (Å²) in [5, 5.41) is 12.3. The number of nitrogens with zero attached hydrogens (tertiary/aromatic N) is 3. The number of amidine groups is 1.